The molecular weight excluding hydrogens is 264 g/mol. The number of nitrogens with one attached hydrogen (secondary N) is 2. The Balaban J connectivity index is 1.83. The van der Waals surface area contributed by atoms with Crippen LogP contribution in [0.15, 0.2) is 48.5 Å². The summed E-state index contributed by atoms with van der Waals surface area (Å²) in [4.78, 5) is 11.8. The third-order valence-electron chi connectivity index (χ3n) is 2.98. The zero-order valence-electron chi connectivity index (χ0n) is 12.3. The normalized spacial score (nSPS) is 10.2. The van der Waals surface area contributed by atoms with Gasteiger partial charge >= 0.3 is 0 Å². The molecule has 2 aromatic rings. The van der Waals surface area contributed by atoms with Crippen molar-refractivity contribution in [1.82, 2.24) is 5.32 Å². The summed E-state index contributed by atoms with van der Waals surface area (Å²) in [5, 5.41) is 5.89. The lowest BCUT2D eigenvalue weighted by Crippen LogP contribution is -2.20. The van der Waals surface area contributed by atoms with Gasteiger partial charge in [0.15, 0.2) is 6.61 Å². The summed E-state index contributed by atoms with van der Waals surface area (Å²) >= 11 is 0. The van der Waals surface area contributed by atoms with E-state index >= 15 is 0 Å². The summed E-state index contributed by atoms with van der Waals surface area (Å²) in [6.07, 6.45) is 0. The van der Waals surface area contributed by atoms with Crippen molar-refractivity contribution in [2.45, 2.75) is 13.5 Å². The van der Waals surface area contributed by atoms with Gasteiger partial charge in [0.1, 0.15) is 5.75 Å². The van der Waals surface area contributed by atoms with Crippen LogP contribution in [0.25, 0.3) is 0 Å². The number of amides is 1. The van der Waals surface area contributed by atoms with Gasteiger partial charge in [-0.1, -0.05) is 24.3 Å². The first-order valence-corrected chi connectivity index (χ1v) is 6.90. The van der Waals surface area contributed by atoms with Crippen LogP contribution in [0.5, 0.6) is 5.75 Å². The van der Waals surface area contributed by atoms with E-state index in [0.29, 0.717) is 5.75 Å². The number of hydrogen-bond acceptors (Lipinski definition) is 3. The maximum absolute atomic E-state index is 11.8. The van der Waals surface area contributed by atoms with Crippen LogP contribution in [0.3, 0.4) is 0 Å². The molecule has 0 aromatic heterocycles. The van der Waals surface area contributed by atoms with Crippen LogP contribution < -0.4 is 15.4 Å². The van der Waals surface area contributed by atoms with Gasteiger partial charge in [0.2, 0.25) is 0 Å². The average molecular weight is 284 g/mol. The van der Waals surface area contributed by atoms with Gasteiger partial charge in [-0.2, -0.15) is 0 Å². The van der Waals surface area contributed by atoms with E-state index in [4.69, 9.17) is 4.74 Å². The van der Waals surface area contributed by atoms with Crippen LogP contribution in [0, 0.1) is 6.92 Å². The van der Waals surface area contributed by atoms with Crippen molar-refractivity contribution >= 4 is 11.6 Å². The zero-order chi connectivity index (χ0) is 15.1. The molecule has 0 unspecified atom stereocenters. The molecule has 2 N–H and O–H groups in total. The summed E-state index contributed by atoms with van der Waals surface area (Å²) in [5.41, 5.74) is 3.07. The highest BCUT2D eigenvalue weighted by molar-refractivity contribution is 5.91. The van der Waals surface area contributed by atoms with E-state index in [-0.39, 0.29) is 12.5 Å². The van der Waals surface area contributed by atoms with Gasteiger partial charge in [0.25, 0.3) is 5.91 Å². The van der Waals surface area contributed by atoms with Crippen molar-refractivity contribution < 1.29 is 9.53 Å². The zero-order valence-corrected chi connectivity index (χ0v) is 12.3. The monoisotopic (exact) mass is 284 g/mol. The van der Waals surface area contributed by atoms with Gasteiger partial charge in [0, 0.05) is 12.2 Å². The first-order valence-electron chi connectivity index (χ1n) is 6.90. The van der Waals surface area contributed by atoms with Crippen LogP contribution in [0.1, 0.15) is 11.1 Å². The second kappa shape index (κ2) is 7.45. The minimum atomic E-state index is -0.167. The molecule has 2 aromatic carbocycles. The Morgan fingerprint density at radius 1 is 1.14 bits per heavy atom. The molecule has 0 atom stereocenters. The van der Waals surface area contributed by atoms with Crippen molar-refractivity contribution in [3.63, 3.8) is 0 Å². The number of ether oxygens (including phenoxy) is 1. The molecule has 0 fully saturated rings. The quantitative estimate of drug-likeness (QED) is 0.857. The van der Waals surface area contributed by atoms with Crippen molar-refractivity contribution in [1.29, 1.82) is 0 Å². The number of benzene rings is 2. The highest BCUT2D eigenvalue weighted by Gasteiger charge is 2.04. The van der Waals surface area contributed by atoms with Gasteiger partial charge in [-0.3, -0.25) is 4.79 Å². The van der Waals surface area contributed by atoms with Gasteiger partial charge < -0.3 is 15.4 Å². The average Bonchev–Trinajstić information content (AvgIpc) is 2.47. The van der Waals surface area contributed by atoms with E-state index in [1.165, 1.54) is 5.56 Å². The highest BCUT2D eigenvalue weighted by atomic mass is 16.5. The standard InChI is InChI=1S/C17H20N2O2/c1-13-4-3-5-15(10-13)19-17(20)12-21-16-8-6-14(7-9-16)11-18-2/h3-10,18H,11-12H2,1-2H3,(H,19,20). The van der Waals surface area contributed by atoms with Crippen LogP contribution in [0.4, 0.5) is 5.69 Å². The SMILES string of the molecule is CNCc1ccc(OCC(=O)Nc2cccc(C)c2)cc1. The van der Waals surface area contributed by atoms with Crippen molar-refractivity contribution in [2.24, 2.45) is 0 Å². The van der Waals surface area contributed by atoms with Crippen molar-refractivity contribution in [3.05, 3.63) is 59.7 Å². The van der Waals surface area contributed by atoms with Crippen LogP contribution in [0.2, 0.25) is 0 Å². The van der Waals surface area contributed by atoms with Gasteiger partial charge in [-0.05, 0) is 49.4 Å². The minimum absolute atomic E-state index is 0.000678. The molecule has 0 saturated carbocycles. The van der Waals surface area contributed by atoms with E-state index in [9.17, 15) is 4.79 Å². The second-order valence-electron chi connectivity index (χ2n) is 4.88. The summed E-state index contributed by atoms with van der Waals surface area (Å²) < 4.78 is 5.47. The third-order valence-corrected chi connectivity index (χ3v) is 2.98. The van der Waals surface area contributed by atoms with Crippen LogP contribution >= 0.6 is 0 Å². The minimum Gasteiger partial charge on any atom is -0.484 e. The summed E-state index contributed by atoms with van der Waals surface area (Å²) in [6.45, 7) is 2.80. The Labute approximate surface area is 125 Å². The summed E-state index contributed by atoms with van der Waals surface area (Å²) in [5.74, 6) is 0.522. The molecule has 0 aliphatic heterocycles. The van der Waals surface area contributed by atoms with E-state index < -0.39 is 0 Å². The molecule has 0 radical (unpaired) electrons. The molecule has 0 aliphatic rings. The molecule has 0 spiro atoms. The topological polar surface area (TPSA) is 50.4 Å². The summed E-state index contributed by atoms with van der Waals surface area (Å²) in [6, 6.07) is 15.4. The maximum Gasteiger partial charge on any atom is 0.262 e. The van der Waals surface area contributed by atoms with Gasteiger partial charge in [-0.25, -0.2) is 0 Å². The molecule has 21 heavy (non-hydrogen) atoms. The number of carbonyl (C=O) groups is 1. The summed E-state index contributed by atoms with van der Waals surface area (Å²) in [7, 11) is 1.90. The van der Waals surface area contributed by atoms with Crippen LogP contribution in [-0.4, -0.2) is 19.6 Å². The van der Waals surface area contributed by atoms with Crippen LogP contribution in [-0.2, 0) is 11.3 Å². The Morgan fingerprint density at radius 3 is 2.57 bits per heavy atom. The molecule has 0 bridgehead atoms. The number of carbonyl (C=O) groups excluding carboxylic acids is 1. The first kappa shape index (κ1) is 15.1. The lowest BCUT2D eigenvalue weighted by molar-refractivity contribution is -0.118. The third kappa shape index (κ3) is 4.93. The molecule has 2 rings (SSSR count). The largest absolute Gasteiger partial charge is 0.484 e. The number of aryl methyl sites for hydroxylation is 1. The highest BCUT2D eigenvalue weighted by Crippen LogP contribution is 2.13. The second-order valence-corrected chi connectivity index (χ2v) is 4.88. The lowest BCUT2D eigenvalue weighted by Gasteiger charge is -2.08. The Bertz CT molecular complexity index is 594. The Kier molecular flexibility index (Phi) is 5.35. The molecule has 0 heterocycles. The molecule has 4 heteroatoms. The molecule has 110 valence electrons. The predicted molar refractivity (Wildman–Crippen MR) is 84.5 cm³/mol. The van der Waals surface area contributed by atoms with Gasteiger partial charge in [-0.15, -0.1) is 0 Å². The fourth-order valence-electron chi connectivity index (χ4n) is 1.98. The molecule has 0 aliphatic carbocycles. The van der Waals surface area contributed by atoms with E-state index in [1.807, 2.05) is 62.5 Å². The van der Waals surface area contributed by atoms with E-state index in [1.54, 1.807) is 0 Å². The Morgan fingerprint density at radius 2 is 1.90 bits per heavy atom. The predicted octanol–water partition coefficient (Wildman–Crippen LogP) is 2.73. The smallest absolute Gasteiger partial charge is 0.262 e. The first-order chi connectivity index (χ1) is 10.2. The van der Waals surface area contributed by atoms with Crippen molar-refractivity contribution in [2.75, 3.05) is 19.0 Å². The number of hydrogen-bond donors (Lipinski definition) is 2. The number of rotatable bonds is 6. The maximum atomic E-state index is 11.8. The van der Waals surface area contributed by atoms with E-state index in [0.717, 1.165) is 17.8 Å². The molecular formula is C17H20N2O2. The van der Waals surface area contributed by atoms with E-state index in [2.05, 4.69) is 10.6 Å². The fourth-order valence-corrected chi connectivity index (χ4v) is 1.98. The molecule has 1 amide bonds. The number of anilines is 1. The van der Waals surface area contributed by atoms with Crippen molar-refractivity contribution in [3.8, 4) is 5.75 Å². The lowest BCUT2D eigenvalue weighted by atomic mass is 10.2. The Hall–Kier alpha value is -2.33. The van der Waals surface area contributed by atoms with Gasteiger partial charge in [0.05, 0.1) is 0 Å². The fraction of sp³-hybridized carbons (Fsp3) is 0.235. The molecule has 0 saturated heterocycles. The molecule has 4 nitrogen and oxygen atoms in total.